The van der Waals surface area contributed by atoms with Crippen LogP contribution in [0.4, 0.5) is 0 Å². The van der Waals surface area contributed by atoms with Crippen LogP contribution in [0.2, 0.25) is 0 Å². The second-order valence-corrected chi connectivity index (χ2v) is 19.7. The highest BCUT2D eigenvalue weighted by Gasteiger charge is 2.43. The molecule has 322 valence electrons. The summed E-state index contributed by atoms with van der Waals surface area (Å²) in [4.78, 5) is 30.7. The van der Waals surface area contributed by atoms with Crippen LogP contribution in [0.25, 0.3) is 90.6 Å². The maximum Gasteiger partial charge on any atom is 0.164 e. The molecule has 0 bridgehead atoms. The largest absolute Gasteiger partial charge is 0.208 e. The predicted octanol–water partition coefficient (Wildman–Crippen LogP) is 14.5. The van der Waals surface area contributed by atoms with Crippen LogP contribution in [0.5, 0.6) is 0 Å². The van der Waals surface area contributed by atoms with Gasteiger partial charge in [0.15, 0.2) is 34.9 Å². The highest BCUT2D eigenvalue weighted by atomic mass is 15.0. The summed E-state index contributed by atoms with van der Waals surface area (Å²) in [5.41, 5.74) is 22.9. The van der Waals surface area contributed by atoms with Crippen molar-refractivity contribution in [3.63, 3.8) is 0 Å². The maximum absolute atomic E-state index is 5.16. The molecule has 2 heterocycles. The lowest BCUT2D eigenvalue weighted by molar-refractivity contribution is 0.652. The fraction of sp³-hybridized carbons (Fsp3) is 0.200. The first-order valence-electron chi connectivity index (χ1n) is 22.9. The van der Waals surface area contributed by atoms with Crippen molar-refractivity contribution in [2.45, 2.75) is 80.1 Å². The van der Waals surface area contributed by atoms with Gasteiger partial charge in [-0.15, -0.1) is 0 Å². The Balaban J connectivity index is 1.01. The molecule has 66 heavy (non-hydrogen) atoms. The quantitative estimate of drug-likeness (QED) is 0.166. The highest BCUT2D eigenvalue weighted by Crippen LogP contribution is 2.58. The van der Waals surface area contributed by atoms with E-state index in [0.717, 1.165) is 33.4 Å². The average molecular weight is 857 g/mol. The van der Waals surface area contributed by atoms with E-state index in [9.17, 15) is 0 Å². The standard InChI is InChI=1S/C60H52N6/c1-33-11-19-39(20-12-33)53-61-54(40-21-13-34(2)14-22-40)64-57(63-53)43-27-37(5)51-45-31-48-46(32-47(45)59(7,8)49(51)29-43)52-38(6)28-44(30-50(52)60(48,9)10)58-65-55(41-23-15-35(3)16-24-41)62-56(66-58)42-25-17-36(4)18-26-42/h11-32H,1-10H3. The van der Waals surface area contributed by atoms with E-state index in [-0.39, 0.29) is 10.8 Å². The molecule has 0 fully saturated rings. The molecule has 0 radical (unpaired) electrons. The third-order valence-corrected chi connectivity index (χ3v) is 14.1. The van der Waals surface area contributed by atoms with Crippen LogP contribution >= 0.6 is 0 Å². The summed E-state index contributed by atoms with van der Waals surface area (Å²) >= 11 is 0. The first kappa shape index (κ1) is 41.3. The number of rotatable bonds is 6. The summed E-state index contributed by atoms with van der Waals surface area (Å²) in [5, 5.41) is 0. The van der Waals surface area contributed by atoms with E-state index in [2.05, 4.69) is 203 Å². The smallest absolute Gasteiger partial charge is 0.164 e. The molecular weight excluding hydrogens is 805 g/mol. The average Bonchev–Trinajstić information content (AvgIpc) is 3.68. The first-order valence-corrected chi connectivity index (χ1v) is 22.9. The first-order chi connectivity index (χ1) is 31.6. The van der Waals surface area contributed by atoms with Crippen LogP contribution in [0.15, 0.2) is 133 Å². The molecular formula is C60H52N6. The lowest BCUT2D eigenvalue weighted by Crippen LogP contribution is -2.17. The summed E-state index contributed by atoms with van der Waals surface area (Å²) in [6.07, 6.45) is 0. The minimum absolute atomic E-state index is 0.280. The van der Waals surface area contributed by atoms with Crippen molar-refractivity contribution in [3.8, 4) is 90.6 Å². The zero-order chi connectivity index (χ0) is 45.8. The molecule has 2 aromatic heterocycles. The number of aromatic nitrogens is 6. The minimum atomic E-state index is -0.280. The highest BCUT2D eigenvalue weighted by molar-refractivity contribution is 5.93. The maximum atomic E-state index is 5.16. The van der Waals surface area contributed by atoms with E-state index in [1.807, 2.05) is 0 Å². The van der Waals surface area contributed by atoms with Crippen molar-refractivity contribution in [3.05, 3.63) is 189 Å². The van der Waals surface area contributed by atoms with Gasteiger partial charge in [-0.25, -0.2) is 29.9 Å². The molecule has 6 nitrogen and oxygen atoms in total. The Morgan fingerprint density at radius 2 is 0.515 bits per heavy atom. The third-order valence-electron chi connectivity index (χ3n) is 14.1. The number of fused-ring (bicyclic) bond motifs is 6. The van der Waals surface area contributed by atoms with E-state index in [1.165, 1.54) is 77.9 Å². The van der Waals surface area contributed by atoms with Crippen LogP contribution in [0.3, 0.4) is 0 Å². The zero-order valence-corrected chi connectivity index (χ0v) is 39.4. The van der Waals surface area contributed by atoms with Gasteiger partial charge in [-0.3, -0.25) is 0 Å². The Morgan fingerprint density at radius 1 is 0.273 bits per heavy atom. The van der Waals surface area contributed by atoms with Gasteiger partial charge in [-0.2, -0.15) is 0 Å². The van der Waals surface area contributed by atoms with Crippen LogP contribution in [0.1, 0.15) is 83.3 Å². The third kappa shape index (κ3) is 6.77. The molecule has 0 amide bonds. The normalized spacial score (nSPS) is 13.8. The van der Waals surface area contributed by atoms with Gasteiger partial charge < -0.3 is 0 Å². The van der Waals surface area contributed by atoms with Crippen molar-refractivity contribution in [1.82, 2.24) is 29.9 Å². The lowest BCUT2D eigenvalue weighted by atomic mass is 9.79. The monoisotopic (exact) mass is 856 g/mol. The predicted molar refractivity (Wildman–Crippen MR) is 269 cm³/mol. The number of hydrogen-bond acceptors (Lipinski definition) is 6. The van der Waals surface area contributed by atoms with Crippen LogP contribution in [-0.4, -0.2) is 29.9 Å². The molecule has 2 aliphatic rings. The Labute approximate surface area is 388 Å². The summed E-state index contributed by atoms with van der Waals surface area (Å²) in [6, 6.07) is 47.9. The van der Waals surface area contributed by atoms with Gasteiger partial charge in [0, 0.05) is 44.2 Å². The van der Waals surface area contributed by atoms with Crippen LogP contribution in [-0.2, 0) is 10.8 Å². The van der Waals surface area contributed by atoms with Gasteiger partial charge in [0.05, 0.1) is 0 Å². The molecule has 11 rings (SSSR count). The van der Waals surface area contributed by atoms with Gasteiger partial charge in [-0.1, -0.05) is 147 Å². The summed E-state index contributed by atoms with van der Waals surface area (Å²) in [5.74, 6) is 4.02. The van der Waals surface area contributed by atoms with E-state index >= 15 is 0 Å². The van der Waals surface area contributed by atoms with Gasteiger partial charge in [0.25, 0.3) is 0 Å². The fourth-order valence-corrected chi connectivity index (χ4v) is 10.2. The van der Waals surface area contributed by atoms with E-state index < -0.39 is 0 Å². The molecule has 2 aliphatic carbocycles. The fourth-order valence-electron chi connectivity index (χ4n) is 10.2. The Hall–Kier alpha value is -7.44. The molecule has 9 aromatic rings. The lowest BCUT2D eigenvalue weighted by Gasteiger charge is -2.24. The zero-order valence-electron chi connectivity index (χ0n) is 39.4. The molecule has 0 spiro atoms. The topological polar surface area (TPSA) is 77.3 Å². The SMILES string of the molecule is Cc1ccc(-c2nc(-c3ccc(C)cc3)nc(-c3cc(C)c4c(c3)C(C)(C)c3cc5c(cc3-4)C(C)(C)c3cc(-c4nc(-c6ccc(C)cc6)nc(-c6ccc(C)cc6)n4)cc(C)c3-5)n2)cc1. The molecule has 0 aliphatic heterocycles. The van der Waals surface area contributed by atoms with Gasteiger partial charge in [0.1, 0.15) is 0 Å². The van der Waals surface area contributed by atoms with E-state index in [0.29, 0.717) is 34.9 Å². The Morgan fingerprint density at radius 3 is 0.773 bits per heavy atom. The van der Waals surface area contributed by atoms with Crippen molar-refractivity contribution in [1.29, 1.82) is 0 Å². The van der Waals surface area contributed by atoms with E-state index in [1.54, 1.807) is 0 Å². The summed E-state index contributed by atoms with van der Waals surface area (Å²) < 4.78 is 0. The molecule has 0 saturated carbocycles. The van der Waals surface area contributed by atoms with Gasteiger partial charge in [-0.05, 0) is 134 Å². The molecule has 0 unspecified atom stereocenters. The van der Waals surface area contributed by atoms with Crippen molar-refractivity contribution < 1.29 is 0 Å². The van der Waals surface area contributed by atoms with Crippen LogP contribution < -0.4 is 0 Å². The summed E-state index contributed by atoms with van der Waals surface area (Å²) in [6.45, 7) is 22.3. The molecule has 7 aromatic carbocycles. The Kier molecular flexibility index (Phi) is 9.42. The Bertz CT molecular complexity index is 3080. The molecule has 6 heteroatoms. The minimum Gasteiger partial charge on any atom is -0.208 e. The van der Waals surface area contributed by atoms with Crippen molar-refractivity contribution in [2.75, 3.05) is 0 Å². The van der Waals surface area contributed by atoms with Crippen LogP contribution in [0, 0.1) is 41.5 Å². The van der Waals surface area contributed by atoms with Crippen molar-refractivity contribution in [2.24, 2.45) is 0 Å². The molecule has 0 N–H and O–H groups in total. The summed E-state index contributed by atoms with van der Waals surface area (Å²) in [7, 11) is 0. The second kappa shape index (κ2) is 15.1. The van der Waals surface area contributed by atoms with Gasteiger partial charge in [0.2, 0.25) is 0 Å². The molecule has 0 atom stereocenters. The van der Waals surface area contributed by atoms with Crippen molar-refractivity contribution >= 4 is 0 Å². The van der Waals surface area contributed by atoms with Gasteiger partial charge >= 0.3 is 0 Å². The molecule has 0 saturated heterocycles. The number of aryl methyl sites for hydroxylation is 6. The number of nitrogens with zero attached hydrogens (tertiary/aromatic N) is 6. The number of benzene rings is 7. The van der Waals surface area contributed by atoms with E-state index in [4.69, 9.17) is 29.9 Å². The number of hydrogen-bond donors (Lipinski definition) is 0. The second-order valence-electron chi connectivity index (χ2n) is 19.7.